The normalized spacial score (nSPS) is 15.2. The Kier molecular flexibility index (Phi) is 8.85. The van der Waals surface area contributed by atoms with Gasteiger partial charge < -0.3 is 29.0 Å². The van der Waals surface area contributed by atoms with Crippen molar-refractivity contribution < 1.29 is 28.5 Å². The molecule has 1 aliphatic heterocycles. The lowest BCUT2D eigenvalue weighted by molar-refractivity contribution is 0.0734. The van der Waals surface area contributed by atoms with Crippen LogP contribution in [-0.4, -0.2) is 57.9 Å². The van der Waals surface area contributed by atoms with Gasteiger partial charge in [-0.25, -0.2) is 4.79 Å². The van der Waals surface area contributed by atoms with E-state index in [0.29, 0.717) is 34.7 Å². The van der Waals surface area contributed by atoms with E-state index in [4.69, 9.17) is 35.9 Å². The van der Waals surface area contributed by atoms with Gasteiger partial charge in [-0.3, -0.25) is 5.43 Å². The van der Waals surface area contributed by atoms with E-state index >= 15 is 0 Å². The number of ether oxygens (including phenoxy) is 5. The highest BCUT2D eigenvalue weighted by Gasteiger charge is 2.18. The molecule has 10 heteroatoms. The van der Waals surface area contributed by atoms with E-state index in [2.05, 4.69) is 15.8 Å². The molecule has 0 aliphatic carbocycles. The molecule has 0 radical (unpaired) electrons. The Hall–Kier alpha value is -3.37. The summed E-state index contributed by atoms with van der Waals surface area (Å²) in [5, 5.41) is 7.62. The Morgan fingerprint density at radius 1 is 1.15 bits per heavy atom. The molecule has 0 bridgehead atoms. The van der Waals surface area contributed by atoms with Crippen molar-refractivity contribution >= 4 is 29.5 Å². The number of thiocarbonyl (C=S) groups is 1. The highest BCUT2D eigenvalue weighted by molar-refractivity contribution is 7.80. The van der Waals surface area contributed by atoms with E-state index < -0.39 is 5.97 Å². The quantitative estimate of drug-likeness (QED) is 0.187. The molecule has 1 heterocycles. The first-order valence-electron chi connectivity index (χ1n) is 10.3. The highest BCUT2D eigenvalue weighted by Crippen LogP contribution is 2.38. The molecule has 9 nitrogen and oxygen atoms in total. The lowest BCUT2D eigenvalue weighted by Gasteiger charge is -2.13. The maximum atomic E-state index is 12.6. The third-order valence-corrected chi connectivity index (χ3v) is 5.12. The number of hydrazone groups is 1. The molecule has 1 aliphatic rings. The second kappa shape index (κ2) is 12.0. The van der Waals surface area contributed by atoms with Gasteiger partial charge in [-0.15, -0.1) is 0 Å². The fraction of sp³-hybridized carbons (Fsp3) is 0.348. The van der Waals surface area contributed by atoms with Crippen molar-refractivity contribution in [2.75, 3.05) is 34.5 Å². The molecule has 1 fully saturated rings. The molecular weight excluding hydrogens is 446 g/mol. The highest BCUT2D eigenvalue weighted by atomic mass is 32.1. The standard InChI is InChI=1S/C23H27N3O6S/c1-28-19-11-16(12-20(29-2)21(19)30-3)22(27)32-17-8-6-15(7-9-17)13-25-26-23(33)24-14-18-5-4-10-31-18/h6-9,11-13,18H,4-5,10,14H2,1-3H3,(H2,24,26,33). The van der Waals surface area contributed by atoms with Gasteiger partial charge in [0.15, 0.2) is 16.6 Å². The number of nitrogens with zero attached hydrogens (tertiary/aromatic N) is 1. The van der Waals surface area contributed by atoms with E-state index in [1.54, 1.807) is 30.5 Å². The first-order chi connectivity index (χ1) is 16.0. The first kappa shape index (κ1) is 24.3. The molecule has 33 heavy (non-hydrogen) atoms. The summed E-state index contributed by atoms with van der Waals surface area (Å²) in [4.78, 5) is 12.6. The van der Waals surface area contributed by atoms with Crippen molar-refractivity contribution in [2.45, 2.75) is 18.9 Å². The zero-order chi connectivity index (χ0) is 23.6. The van der Waals surface area contributed by atoms with Crippen molar-refractivity contribution in [3.63, 3.8) is 0 Å². The number of hydrogen-bond acceptors (Lipinski definition) is 8. The van der Waals surface area contributed by atoms with Crippen molar-refractivity contribution in [1.82, 2.24) is 10.7 Å². The molecule has 176 valence electrons. The van der Waals surface area contributed by atoms with Gasteiger partial charge >= 0.3 is 5.97 Å². The molecule has 0 spiro atoms. The predicted octanol–water partition coefficient (Wildman–Crippen LogP) is 2.91. The fourth-order valence-corrected chi connectivity index (χ4v) is 3.34. The summed E-state index contributed by atoms with van der Waals surface area (Å²) < 4.78 is 26.8. The van der Waals surface area contributed by atoms with Crippen LogP contribution in [0.4, 0.5) is 0 Å². The molecule has 1 atom stereocenters. The van der Waals surface area contributed by atoms with Crippen molar-refractivity contribution in [3.05, 3.63) is 47.5 Å². The Balaban J connectivity index is 1.54. The zero-order valence-corrected chi connectivity index (χ0v) is 19.6. The smallest absolute Gasteiger partial charge is 0.343 e. The summed E-state index contributed by atoms with van der Waals surface area (Å²) in [6.07, 6.45) is 3.93. The number of nitrogens with one attached hydrogen (secondary N) is 2. The molecule has 2 aromatic rings. The van der Waals surface area contributed by atoms with Gasteiger partial charge in [0.05, 0.1) is 39.2 Å². The molecule has 0 aromatic heterocycles. The van der Waals surface area contributed by atoms with Gasteiger partial charge in [0.2, 0.25) is 5.75 Å². The third kappa shape index (κ3) is 6.80. The van der Waals surface area contributed by atoms with Crippen LogP contribution in [0, 0.1) is 0 Å². The fourth-order valence-electron chi connectivity index (χ4n) is 3.20. The van der Waals surface area contributed by atoms with Crippen molar-refractivity contribution in [1.29, 1.82) is 0 Å². The van der Waals surface area contributed by atoms with Crippen LogP contribution < -0.4 is 29.7 Å². The SMILES string of the molecule is COc1cc(C(=O)Oc2ccc(C=NNC(=S)NCC3CCCO3)cc2)cc(OC)c1OC. The number of methoxy groups -OCH3 is 3. The second-order valence-electron chi connectivity index (χ2n) is 7.09. The Labute approximate surface area is 198 Å². The zero-order valence-electron chi connectivity index (χ0n) is 18.8. The monoisotopic (exact) mass is 473 g/mol. The van der Waals surface area contributed by atoms with E-state index in [1.165, 1.54) is 33.5 Å². The van der Waals surface area contributed by atoms with E-state index in [-0.39, 0.29) is 11.7 Å². The van der Waals surface area contributed by atoms with Crippen molar-refractivity contribution in [3.8, 4) is 23.0 Å². The average molecular weight is 474 g/mol. The van der Waals surface area contributed by atoms with Crippen LogP contribution in [0.1, 0.15) is 28.8 Å². The molecule has 1 saturated heterocycles. The van der Waals surface area contributed by atoms with Gasteiger partial charge in [-0.2, -0.15) is 5.10 Å². The van der Waals surface area contributed by atoms with E-state index in [0.717, 1.165) is 25.0 Å². The minimum atomic E-state index is -0.556. The summed E-state index contributed by atoms with van der Waals surface area (Å²) >= 11 is 5.20. The molecule has 2 aromatic carbocycles. The molecule has 1 unspecified atom stereocenters. The third-order valence-electron chi connectivity index (χ3n) is 4.89. The summed E-state index contributed by atoms with van der Waals surface area (Å²) in [5.74, 6) is 0.958. The molecule has 0 amide bonds. The largest absolute Gasteiger partial charge is 0.493 e. The van der Waals surface area contributed by atoms with Crippen LogP contribution in [0.25, 0.3) is 0 Å². The first-order valence-corrected chi connectivity index (χ1v) is 10.8. The molecule has 3 rings (SSSR count). The maximum absolute atomic E-state index is 12.6. The Morgan fingerprint density at radius 2 is 1.85 bits per heavy atom. The predicted molar refractivity (Wildman–Crippen MR) is 128 cm³/mol. The van der Waals surface area contributed by atoms with Crippen LogP contribution in [0.5, 0.6) is 23.0 Å². The minimum absolute atomic E-state index is 0.198. The van der Waals surface area contributed by atoms with Crippen molar-refractivity contribution in [2.24, 2.45) is 5.10 Å². The number of hydrogen-bond donors (Lipinski definition) is 2. The van der Waals surface area contributed by atoms with Gasteiger partial charge in [0, 0.05) is 13.2 Å². The summed E-state index contributed by atoms with van der Waals surface area (Å²) in [7, 11) is 4.46. The average Bonchev–Trinajstić information content (AvgIpc) is 3.36. The summed E-state index contributed by atoms with van der Waals surface area (Å²) in [6, 6.07) is 9.95. The Morgan fingerprint density at radius 3 is 2.42 bits per heavy atom. The van der Waals surface area contributed by atoms with E-state index in [1.807, 2.05) is 0 Å². The lowest BCUT2D eigenvalue weighted by Crippen LogP contribution is -2.37. The summed E-state index contributed by atoms with van der Waals surface area (Å²) in [5.41, 5.74) is 3.84. The number of benzene rings is 2. The van der Waals surface area contributed by atoms with Crippen LogP contribution in [0.3, 0.4) is 0 Å². The van der Waals surface area contributed by atoms with E-state index in [9.17, 15) is 4.79 Å². The Bertz CT molecular complexity index is 965. The number of rotatable bonds is 9. The second-order valence-corrected chi connectivity index (χ2v) is 7.50. The summed E-state index contributed by atoms with van der Waals surface area (Å²) in [6.45, 7) is 1.46. The van der Waals surface area contributed by atoms with Crippen LogP contribution in [0.2, 0.25) is 0 Å². The maximum Gasteiger partial charge on any atom is 0.343 e. The number of esters is 1. The van der Waals surface area contributed by atoms with Gasteiger partial charge in [0.25, 0.3) is 0 Å². The number of carbonyl (C=O) groups is 1. The molecule has 0 saturated carbocycles. The van der Waals surface area contributed by atoms with Crippen LogP contribution in [-0.2, 0) is 4.74 Å². The number of carbonyl (C=O) groups excluding carboxylic acids is 1. The van der Waals surface area contributed by atoms with Gasteiger partial charge in [0.1, 0.15) is 5.75 Å². The van der Waals surface area contributed by atoms with Gasteiger partial charge in [-0.1, -0.05) is 0 Å². The van der Waals surface area contributed by atoms with Gasteiger partial charge in [-0.05, 0) is 67.0 Å². The molecular formula is C23H27N3O6S. The topological polar surface area (TPSA) is 99.6 Å². The lowest BCUT2D eigenvalue weighted by atomic mass is 10.2. The van der Waals surface area contributed by atoms with Crippen LogP contribution >= 0.6 is 12.2 Å². The van der Waals surface area contributed by atoms with Crippen LogP contribution in [0.15, 0.2) is 41.5 Å². The minimum Gasteiger partial charge on any atom is -0.493 e. The molecule has 2 N–H and O–H groups in total.